The van der Waals surface area contributed by atoms with E-state index in [1.807, 2.05) is 18.2 Å². The first-order valence-electron chi connectivity index (χ1n) is 5.75. The van der Waals surface area contributed by atoms with Crippen LogP contribution in [0.15, 0.2) is 22.8 Å². The van der Waals surface area contributed by atoms with Crippen LogP contribution in [0.2, 0.25) is 0 Å². The molecule has 0 aromatic carbocycles. The van der Waals surface area contributed by atoms with Crippen LogP contribution >= 0.6 is 15.9 Å². The first kappa shape index (κ1) is 12.0. The summed E-state index contributed by atoms with van der Waals surface area (Å²) in [5, 5.41) is 12.7. The highest BCUT2D eigenvalue weighted by atomic mass is 79.9. The van der Waals surface area contributed by atoms with E-state index < -0.39 is 0 Å². The van der Waals surface area contributed by atoms with Gasteiger partial charge in [0.15, 0.2) is 0 Å². The minimum absolute atomic E-state index is 0.295. The molecule has 1 aliphatic rings. The Hall–Kier alpha value is -0.450. The Labute approximate surface area is 104 Å². The van der Waals surface area contributed by atoms with E-state index in [0.29, 0.717) is 18.6 Å². The van der Waals surface area contributed by atoms with Crippen LogP contribution < -0.4 is 5.32 Å². The number of hydrogen-bond donors (Lipinski definition) is 2. The zero-order valence-electron chi connectivity index (χ0n) is 9.19. The Morgan fingerprint density at radius 3 is 3.06 bits per heavy atom. The summed E-state index contributed by atoms with van der Waals surface area (Å²) in [5.41, 5.74) is 1.04. The summed E-state index contributed by atoms with van der Waals surface area (Å²) in [6.45, 7) is 1.07. The molecule has 3 nitrogen and oxygen atoms in total. The van der Waals surface area contributed by atoms with E-state index in [-0.39, 0.29) is 0 Å². The predicted molar refractivity (Wildman–Crippen MR) is 67.0 cm³/mol. The average Bonchev–Trinajstić information content (AvgIpc) is 2.74. The van der Waals surface area contributed by atoms with Gasteiger partial charge >= 0.3 is 0 Å². The maximum Gasteiger partial charge on any atom is 0.106 e. The van der Waals surface area contributed by atoms with Crippen molar-refractivity contribution < 1.29 is 5.11 Å². The van der Waals surface area contributed by atoms with Gasteiger partial charge in [-0.2, -0.15) is 0 Å². The topological polar surface area (TPSA) is 45.1 Å². The summed E-state index contributed by atoms with van der Waals surface area (Å²) < 4.78 is 0.872. The quantitative estimate of drug-likeness (QED) is 0.833. The standard InChI is InChI=1S/C12H17BrN2O/c13-12-6-2-4-10(15-12)7-14-11-5-1-3-9(11)8-16/h2,4,6,9,11,14,16H,1,3,5,7-8H2. The van der Waals surface area contributed by atoms with Crippen molar-refractivity contribution in [3.05, 3.63) is 28.5 Å². The Morgan fingerprint density at radius 2 is 2.31 bits per heavy atom. The maximum absolute atomic E-state index is 9.21. The van der Waals surface area contributed by atoms with Crippen molar-refractivity contribution in [2.75, 3.05) is 6.61 Å². The van der Waals surface area contributed by atoms with Crippen molar-refractivity contribution in [3.63, 3.8) is 0 Å². The van der Waals surface area contributed by atoms with Crippen LogP contribution in [0.1, 0.15) is 25.0 Å². The third-order valence-electron chi connectivity index (χ3n) is 3.21. The molecule has 2 N–H and O–H groups in total. The summed E-state index contributed by atoms with van der Waals surface area (Å²) in [6, 6.07) is 6.38. The van der Waals surface area contributed by atoms with Gasteiger partial charge < -0.3 is 10.4 Å². The van der Waals surface area contributed by atoms with Crippen molar-refractivity contribution in [3.8, 4) is 0 Å². The monoisotopic (exact) mass is 284 g/mol. The van der Waals surface area contributed by atoms with Gasteiger partial charge in [0, 0.05) is 19.2 Å². The van der Waals surface area contributed by atoms with Crippen molar-refractivity contribution in [1.29, 1.82) is 0 Å². The van der Waals surface area contributed by atoms with E-state index in [0.717, 1.165) is 23.3 Å². The molecule has 4 heteroatoms. The third-order valence-corrected chi connectivity index (χ3v) is 3.65. The Kier molecular flexibility index (Phi) is 4.32. The van der Waals surface area contributed by atoms with E-state index in [2.05, 4.69) is 26.2 Å². The molecule has 1 saturated carbocycles. The highest BCUT2D eigenvalue weighted by Gasteiger charge is 2.25. The average molecular weight is 285 g/mol. The zero-order valence-corrected chi connectivity index (χ0v) is 10.8. The number of pyridine rings is 1. The van der Waals surface area contributed by atoms with Gasteiger partial charge in [-0.1, -0.05) is 12.5 Å². The predicted octanol–water partition coefficient (Wildman–Crippen LogP) is 2.09. The van der Waals surface area contributed by atoms with Gasteiger partial charge in [-0.15, -0.1) is 0 Å². The lowest BCUT2D eigenvalue weighted by molar-refractivity contribution is 0.205. The fourth-order valence-electron chi connectivity index (χ4n) is 2.31. The number of rotatable bonds is 4. The van der Waals surface area contributed by atoms with E-state index in [4.69, 9.17) is 0 Å². The molecule has 2 atom stereocenters. The fraction of sp³-hybridized carbons (Fsp3) is 0.583. The zero-order chi connectivity index (χ0) is 11.4. The Bertz CT molecular complexity index is 346. The molecule has 88 valence electrons. The van der Waals surface area contributed by atoms with Crippen LogP contribution in [-0.4, -0.2) is 22.7 Å². The molecular weight excluding hydrogens is 268 g/mol. The number of nitrogens with one attached hydrogen (secondary N) is 1. The lowest BCUT2D eigenvalue weighted by atomic mass is 10.1. The maximum atomic E-state index is 9.21. The molecular formula is C12H17BrN2O. The van der Waals surface area contributed by atoms with E-state index >= 15 is 0 Å². The molecule has 0 bridgehead atoms. The first-order valence-corrected chi connectivity index (χ1v) is 6.54. The summed E-state index contributed by atoms with van der Waals surface area (Å²) >= 11 is 3.36. The first-order chi connectivity index (χ1) is 7.79. The summed E-state index contributed by atoms with van der Waals surface area (Å²) in [7, 11) is 0. The second-order valence-electron chi connectivity index (χ2n) is 4.31. The Morgan fingerprint density at radius 1 is 1.44 bits per heavy atom. The molecule has 1 aliphatic carbocycles. The largest absolute Gasteiger partial charge is 0.396 e. The summed E-state index contributed by atoms with van der Waals surface area (Å²) in [4.78, 5) is 4.38. The van der Waals surface area contributed by atoms with Crippen LogP contribution in [0.5, 0.6) is 0 Å². The lowest BCUT2D eigenvalue weighted by Crippen LogP contribution is -2.33. The molecule has 1 aromatic rings. The SMILES string of the molecule is OCC1CCCC1NCc1cccc(Br)n1. The second-order valence-corrected chi connectivity index (χ2v) is 5.13. The van der Waals surface area contributed by atoms with Crippen LogP contribution in [0, 0.1) is 5.92 Å². The van der Waals surface area contributed by atoms with E-state index in [1.165, 1.54) is 12.8 Å². The van der Waals surface area contributed by atoms with Crippen LogP contribution in [0.3, 0.4) is 0 Å². The molecule has 1 heterocycles. The fourth-order valence-corrected chi connectivity index (χ4v) is 2.69. The van der Waals surface area contributed by atoms with Gasteiger partial charge in [0.25, 0.3) is 0 Å². The van der Waals surface area contributed by atoms with Crippen molar-refractivity contribution in [2.24, 2.45) is 5.92 Å². The highest BCUT2D eigenvalue weighted by Crippen LogP contribution is 2.25. The normalized spacial score (nSPS) is 24.9. The van der Waals surface area contributed by atoms with Crippen molar-refractivity contribution in [2.45, 2.75) is 31.8 Å². The van der Waals surface area contributed by atoms with Gasteiger partial charge in [0.1, 0.15) is 4.60 Å². The van der Waals surface area contributed by atoms with Crippen molar-refractivity contribution in [1.82, 2.24) is 10.3 Å². The molecule has 1 aromatic heterocycles. The van der Waals surface area contributed by atoms with Gasteiger partial charge in [0.05, 0.1) is 5.69 Å². The minimum Gasteiger partial charge on any atom is -0.396 e. The summed E-state index contributed by atoms with van der Waals surface area (Å²) in [5.74, 6) is 0.423. The third kappa shape index (κ3) is 3.03. The second kappa shape index (κ2) is 5.75. The van der Waals surface area contributed by atoms with Crippen LogP contribution in [-0.2, 0) is 6.54 Å². The molecule has 0 radical (unpaired) electrons. The lowest BCUT2D eigenvalue weighted by Gasteiger charge is -2.18. The van der Waals surface area contributed by atoms with Crippen LogP contribution in [0.25, 0.3) is 0 Å². The van der Waals surface area contributed by atoms with Gasteiger partial charge in [-0.3, -0.25) is 0 Å². The molecule has 1 fully saturated rings. The van der Waals surface area contributed by atoms with E-state index in [1.54, 1.807) is 0 Å². The molecule has 0 saturated heterocycles. The molecule has 0 amide bonds. The molecule has 0 aliphatic heterocycles. The molecule has 0 spiro atoms. The number of aliphatic hydroxyl groups is 1. The summed E-state index contributed by atoms with van der Waals surface area (Å²) in [6.07, 6.45) is 3.52. The number of hydrogen-bond acceptors (Lipinski definition) is 3. The van der Waals surface area contributed by atoms with Gasteiger partial charge in [0.2, 0.25) is 0 Å². The molecule has 16 heavy (non-hydrogen) atoms. The number of aliphatic hydroxyl groups excluding tert-OH is 1. The van der Waals surface area contributed by atoms with Gasteiger partial charge in [-0.05, 0) is 46.8 Å². The molecule has 2 rings (SSSR count). The van der Waals surface area contributed by atoms with Crippen LogP contribution in [0.4, 0.5) is 0 Å². The minimum atomic E-state index is 0.295. The van der Waals surface area contributed by atoms with Gasteiger partial charge in [-0.25, -0.2) is 4.98 Å². The van der Waals surface area contributed by atoms with E-state index in [9.17, 15) is 5.11 Å². The Balaban J connectivity index is 1.87. The smallest absolute Gasteiger partial charge is 0.106 e. The number of nitrogens with zero attached hydrogens (tertiary/aromatic N) is 1. The number of aromatic nitrogens is 1. The number of halogens is 1. The molecule has 2 unspecified atom stereocenters. The van der Waals surface area contributed by atoms with Crippen molar-refractivity contribution >= 4 is 15.9 Å². The highest BCUT2D eigenvalue weighted by molar-refractivity contribution is 9.10.